The molecule has 0 fully saturated rings. The van der Waals surface area contributed by atoms with Gasteiger partial charge in [0.15, 0.2) is 0 Å². The van der Waals surface area contributed by atoms with Gasteiger partial charge in [-0.2, -0.15) is 0 Å². The summed E-state index contributed by atoms with van der Waals surface area (Å²) in [6.07, 6.45) is 8.08. The number of benzene rings is 1. The van der Waals surface area contributed by atoms with Gasteiger partial charge in [-0.15, -0.1) is 6.58 Å². The number of rotatable bonds is 7. The zero-order valence-corrected chi connectivity index (χ0v) is 11.6. The third-order valence-electron chi connectivity index (χ3n) is 3.17. The molecule has 0 aliphatic carbocycles. The normalized spacial score (nSPS) is 10.8. The molecule has 0 N–H and O–H groups in total. The van der Waals surface area contributed by atoms with Gasteiger partial charge in [-0.05, 0) is 36.0 Å². The van der Waals surface area contributed by atoms with E-state index in [4.69, 9.17) is 0 Å². The fourth-order valence-corrected chi connectivity index (χ4v) is 2.07. The number of hydrogen-bond donors (Lipinski definition) is 0. The van der Waals surface area contributed by atoms with Crippen molar-refractivity contribution in [2.45, 2.75) is 52.9 Å². The van der Waals surface area contributed by atoms with Crippen molar-refractivity contribution in [1.82, 2.24) is 0 Å². The van der Waals surface area contributed by atoms with Crippen molar-refractivity contribution in [1.29, 1.82) is 0 Å². The van der Waals surface area contributed by atoms with E-state index in [1.54, 1.807) is 0 Å². The first-order valence-electron chi connectivity index (χ1n) is 6.80. The molecular weight excluding hydrogens is 204 g/mol. The molecule has 1 aromatic rings. The Morgan fingerprint density at radius 2 is 1.71 bits per heavy atom. The molecule has 0 nitrogen and oxygen atoms in total. The minimum Gasteiger partial charge on any atom is -0.102 e. The summed E-state index contributed by atoms with van der Waals surface area (Å²) in [5.74, 6) is 1.28. The van der Waals surface area contributed by atoms with Crippen LogP contribution in [0.5, 0.6) is 0 Å². The van der Waals surface area contributed by atoms with Crippen molar-refractivity contribution in [2.24, 2.45) is 0 Å². The second-order valence-corrected chi connectivity index (χ2v) is 4.78. The van der Waals surface area contributed by atoms with Gasteiger partial charge in [-0.25, -0.2) is 0 Å². The molecule has 0 unspecified atom stereocenters. The number of hydrogen-bond acceptors (Lipinski definition) is 0. The highest BCUT2D eigenvalue weighted by Gasteiger charge is 2.05. The molecule has 1 rings (SSSR count). The van der Waals surface area contributed by atoms with E-state index in [2.05, 4.69) is 45.5 Å². The van der Waals surface area contributed by atoms with Crippen LogP contribution < -0.4 is 0 Å². The van der Waals surface area contributed by atoms with Crippen LogP contribution in [0.4, 0.5) is 0 Å². The molecule has 17 heavy (non-hydrogen) atoms. The molecule has 0 saturated carbocycles. The maximum atomic E-state index is 3.87. The van der Waals surface area contributed by atoms with Crippen LogP contribution in [0.1, 0.15) is 56.7 Å². The molecule has 1 radical (unpaired) electrons. The lowest BCUT2D eigenvalue weighted by atomic mass is 9.93. The predicted octanol–water partition coefficient (Wildman–Crippen LogP) is 5.11. The zero-order valence-electron chi connectivity index (χ0n) is 11.6. The van der Waals surface area contributed by atoms with Gasteiger partial charge in [0.05, 0.1) is 0 Å². The summed E-state index contributed by atoms with van der Waals surface area (Å²) in [7, 11) is 0. The molecule has 0 saturated heterocycles. The van der Waals surface area contributed by atoms with E-state index < -0.39 is 0 Å². The molecule has 93 valence electrons. The predicted molar refractivity (Wildman–Crippen MR) is 77.3 cm³/mol. The SMILES string of the molecule is C=C[C](C)c1cc(CCC)cc(CCCC)c1. The zero-order chi connectivity index (χ0) is 12.7. The van der Waals surface area contributed by atoms with Crippen molar-refractivity contribution < 1.29 is 0 Å². The van der Waals surface area contributed by atoms with E-state index in [1.807, 2.05) is 6.08 Å². The molecular formula is C17H25. The first-order chi connectivity index (χ1) is 8.21. The van der Waals surface area contributed by atoms with E-state index in [-0.39, 0.29) is 0 Å². The minimum absolute atomic E-state index is 1.18. The summed E-state index contributed by atoms with van der Waals surface area (Å²) in [6.45, 7) is 10.5. The van der Waals surface area contributed by atoms with Crippen molar-refractivity contribution in [3.05, 3.63) is 53.5 Å². The van der Waals surface area contributed by atoms with Crippen LogP contribution in [0.2, 0.25) is 0 Å². The van der Waals surface area contributed by atoms with Crippen molar-refractivity contribution in [3.63, 3.8) is 0 Å². The molecule has 0 aliphatic rings. The third-order valence-corrected chi connectivity index (χ3v) is 3.17. The lowest BCUT2D eigenvalue weighted by Crippen LogP contribution is -1.97. The van der Waals surface area contributed by atoms with Crippen LogP contribution in [0.15, 0.2) is 30.9 Å². The van der Waals surface area contributed by atoms with Gasteiger partial charge in [0, 0.05) is 5.92 Å². The van der Waals surface area contributed by atoms with E-state index >= 15 is 0 Å². The Balaban J connectivity index is 2.95. The number of aryl methyl sites for hydroxylation is 2. The van der Waals surface area contributed by atoms with E-state index in [0.717, 1.165) is 0 Å². The van der Waals surface area contributed by atoms with Crippen LogP contribution in [-0.4, -0.2) is 0 Å². The number of allylic oxidation sites excluding steroid dienone is 1. The van der Waals surface area contributed by atoms with Gasteiger partial charge < -0.3 is 0 Å². The van der Waals surface area contributed by atoms with Crippen molar-refractivity contribution in [2.75, 3.05) is 0 Å². The highest BCUT2D eigenvalue weighted by Crippen LogP contribution is 2.21. The first-order valence-corrected chi connectivity index (χ1v) is 6.80. The second kappa shape index (κ2) is 7.32. The van der Waals surface area contributed by atoms with Gasteiger partial charge in [0.2, 0.25) is 0 Å². The molecule has 0 aliphatic heterocycles. The molecule has 0 bridgehead atoms. The summed E-state index contributed by atoms with van der Waals surface area (Å²) in [4.78, 5) is 0. The lowest BCUT2D eigenvalue weighted by molar-refractivity contribution is 0.791. The topological polar surface area (TPSA) is 0 Å². The molecule has 0 amide bonds. The summed E-state index contributed by atoms with van der Waals surface area (Å²) < 4.78 is 0. The smallest absolute Gasteiger partial charge is 0.0230 e. The Labute approximate surface area is 107 Å². The molecule has 1 aromatic carbocycles. The summed E-state index contributed by atoms with van der Waals surface area (Å²) in [6, 6.07) is 7.01. The van der Waals surface area contributed by atoms with Gasteiger partial charge in [0.25, 0.3) is 0 Å². The Hall–Kier alpha value is -1.04. The molecule has 0 heterocycles. The lowest BCUT2D eigenvalue weighted by Gasteiger charge is -2.12. The van der Waals surface area contributed by atoms with Crippen LogP contribution >= 0.6 is 0 Å². The van der Waals surface area contributed by atoms with E-state index in [9.17, 15) is 0 Å². The molecule has 0 atom stereocenters. The van der Waals surface area contributed by atoms with Gasteiger partial charge in [-0.1, -0.05) is 57.9 Å². The van der Waals surface area contributed by atoms with E-state index in [1.165, 1.54) is 54.7 Å². The third kappa shape index (κ3) is 4.38. The fraction of sp³-hybridized carbons (Fsp3) is 0.471. The first kappa shape index (κ1) is 14.0. The summed E-state index contributed by atoms with van der Waals surface area (Å²) >= 11 is 0. The Bertz CT molecular complexity index is 349. The van der Waals surface area contributed by atoms with Crippen molar-refractivity contribution >= 4 is 0 Å². The minimum atomic E-state index is 1.18. The highest BCUT2D eigenvalue weighted by molar-refractivity contribution is 5.41. The van der Waals surface area contributed by atoms with Gasteiger partial charge in [-0.3, -0.25) is 0 Å². The highest BCUT2D eigenvalue weighted by atomic mass is 14.1. The average Bonchev–Trinajstić information content (AvgIpc) is 2.35. The maximum absolute atomic E-state index is 3.87. The Morgan fingerprint density at radius 3 is 2.24 bits per heavy atom. The Morgan fingerprint density at radius 1 is 1.06 bits per heavy atom. The maximum Gasteiger partial charge on any atom is 0.0230 e. The van der Waals surface area contributed by atoms with Crippen LogP contribution in [0, 0.1) is 5.92 Å². The van der Waals surface area contributed by atoms with Gasteiger partial charge >= 0.3 is 0 Å². The fourth-order valence-electron chi connectivity index (χ4n) is 2.07. The monoisotopic (exact) mass is 229 g/mol. The molecule has 0 heteroatoms. The molecule has 0 aromatic heterocycles. The van der Waals surface area contributed by atoms with Crippen LogP contribution in [0.25, 0.3) is 0 Å². The second-order valence-electron chi connectivity index (χ2n) is 4.78. The Kier molecular flexibility index (Phi) is 6.04. The summed E-state index contributed by atoms with van der Waals surface area (Å²) in [5, 5.41) is 0. The van der Waals surface area contributed by atoms with Gasteiger partial charge in [0.1, 0.15) is 0 Å². The molecule has 0 spiro atoms. The van der Waals surface area contributed by atoms with Crippen LogP contribution in [0.3, 0.4) is 0 Å². The van der Waals surface area contributed by atoms with Crippen molar-refractivity contribution in [3.8, 4) is 0 Å². The average molecular weight is 229 g/mol. The quantitative estimate of drug-likeness (QED) is 0.609. The standard InChI is InChI=1S/C17H25/c1-5-8-10-16-11-15(9-6-2)12-17(13-16)14(4)7-3/h7,11-13H,3,5-6,8-10H2,1-2,4H3. The number of unbranched alkanes of at least 4 members (excludes halogenated alkanes) is 1. The summed E-state index contributed by atoms with van der Waals surface area (Å²) in [5.41, 5.74) is 4.29. The van der Waals surface area contributed by atoms with Crippen LogP contribution in [-0.2, 0) is 12.8 Å². The van der Waals surface area contributed by atoms with E-state index in [0.29, 0.717) is 0 Å². The largest absolute Gasteiger partial charge is 0.102 e.